The highest BCUT2D eigenvalue weighted by Gasteiger charge is 2.10. The number of benzene rings is 2. The van der Waals surface area contributed by atoms with Crippen molar-refractivity contribution in [2.75, 3.05) is 0 Å². The van der Waals surface area contributed by atoms with Crippen LogP contribution in [0.5, 0.6) is 0 Å². The Morgan fingerprint density at radius 3 is 2.70 bits per heavy atom. The summed E-state index contributed by atoms with van der Waals surface area (Å²) in [5, 5.41) is 11.6. The van der Waals surface area contributed by atoms with Crippen molar-refractivity contribution in [3.8, 4) is 0 Å². The molecular formula is C17H12N2O4. The lowest BCUT2D eigenvalue weighted by atomic mass is 10.1. The number of aliphatic imine (C=N–C) groups is 1. The smallest absolute Gasteiger partial charge is 0.345 e. The van der Waals surface area contributed by atoms with Crippen LogP contribution >= 0.6 is 0 Å². The van der Waals surface area contributed by atoms with Gasteiger partial charge in [-0.3, -0.25) is 15.1 Å². The van der Waals surface area contributed by atoms with Crippen LogP contribution in [0.3, 0.4) is 0 Å². The lowest BCUT2D eigenvalue weighted by Gasteiger charge is -2.02. The van der Waals surface area contributed by atoms with Crippen LogP contribution in [-0.4, -0.2) is 10.6 Å². The summed E-state index contributed by atoms with van der Waals surface area (Å²) >= 11 is 0. The molecule has 0 unspecified atom stereocenters. The minimum Gasteiger partial charge on any atom is -0.422 e. The van der Waals surface area contributed by atoms with Crippen LogP contribution in [0.2, 0.25) is 0 Å². The van der Waals surface area contributed by atoms with E-state index in [4.69, 9.17) is 4.42 Å². The summed E-state index contributed by atoms with van der Waals surface area (Å²) in [7, 11) is 0. The SMILES string of the molecule is CC(=Nc1cccc([N+](=O)[O-])c1)c1cc2ccccc2oc1=O. The van der Waals surface area contributed by atoms with Crippen molar-refractivity contribution < 1.29 is 9.34 Å². The van der Waals surface area contributed by atoms with Crippen molar-refractivity contribution in [3.05, 3.63) is 80.7 Å². The van der Waals surface area contributed by atoms with E-state index in [9.17, 15) is 14.9 Å². The molecule has 6 nitrogen and oxygen atoms in total. The molecule has 6 heteroatoms. The molecule has 1 heterocycles. The maximum Gasteiger partial charge on any atom is 0.345 e. The third-order valence-electron chi connectivity index (χ3n) is 3.37. The highest BCUT2D eigenvalue weighted by Crippen LogP contribution is 2.21. The molecule has 3 aromatic rings. The first-order chi connectivity index (χ1) is 11.0. The van der Waals surface area contributed by atoms with E-state index in [1.165, 1.54) is 12.1 Å². The Kier molecular flexibility index (Phi) is 3.72. The van der Waals surface area contributed by atoms with Gasteiger partial charge < -0.3 is 4.42 Å². The molecule has 1 aromatic heterocycles. The monoisotopic (exact) mass is 308 g/mol. The van der Waals surface area contributed by atoms with Crippen LogP contribution in [0.1, 0.15) is 12.5 Å². The van der Waals surface area contributed by atoms with Gasteiger partial charge in [0.05, 0.1) is 21.9 Å². The zero-order valence-corrected chi connectivity index (χ0v) is 12.2. The zero-order valence-electron chi connectivity index (χ0n) is 12.2. The first kappa shape index (κ1) is 14.6. The quantitative estimate of drug-likeness (QED) is 0.318. The molecule has 0 aliphatic carbocycles. The van der Waals surface area contributed by atoms with Crippen molar-refractivity contribution >= 4 is 28.1 Å². The molecule has 0 fully saturated rings. The van der Waals surface area contributed by atoms with Gasteiger partial charge in [-0.2, -0.15) is 0 Å². The predicted octanol–water partition coefficient (Wildman–Crippen LogP) is 3.84. The van der Waals surface area contributed by atoms with E-state index in [2.05, 4.69) is 4.99 Å². The van der Waals surface area contributed by atoms with Crippen molar-refractivity contribution in [2.24, 2.45) is 4.99 Å². The summed E-state index contributed by atoms with van der Waals surface area (Å²) in [6.07, 6.45) is 0. The minimum atomic E-state index is -0.490. The van der Waals surface area contributed by atoms with Gasteiger partial charge >= 0.3 is 5.63 Å². The Bertz CT molecular complexity index is 989. The normalized spacial score (nSPS) is 11.6. The molecule has 0 amide bonds. The van der Waals surface area contributed by atoms with Crippen molar-refractivity contribution in [2.45, 2.75) is 6.92 Å². The molecule has 0 atom stereocenters. The molecule has 2 aromatic carbocycles. The number of fused-ring (bicyclic) bond motifs is 1. The van der Waals surface area contributed by atoms with Crippen LogP contribution < -0.4 is 5.63 Å². The fourth-order valence-corrected chi connectivity index (χ4v) is 2.24. The van der Waals surface area contributed by atoms with Crippen LogP contribution in [0.15, 0.2) is 68.8 Å². The summed E-state index contributed by atoms with van der Waals surface area (Å²) in [6, 6.07) is 14.8. The first-order valence-electron chi connectivity index (χ1n) is 6.87. The van der Waals surface area contributed by atoms with Gasteiger partial charge in [0.1, 0.15) is 5.58 Å². The number of para-hydroxylation sites is 1. The summed E-state index contributed by atoms with van der Waals surface area (Å²) < 4.78 is 5.27. The Morgan fingerprint density at radius 2 is 1.91 bits per heavy atom. The van der Waals surface area contributed by atoms with E-state index in [-0.39, 0.29) is 5.69 Å². The predicted molar refractivity (Wildman–Crippen MR) is 87.5 cm³/mol. The molecule has 0 saturated carbocycles. The molecule has 114 valence electrons. The standard InChI is InChI=1S/C17H12N2O4/c1-11(18-13-6-4-7-14(10-13)19(21)22)15-9-12-5-2-3-8-16(12)23-17(15)20/h2-10H,1H3. The molecule has 0 bridgehead atoms. The van der Waals surface area contributed by atoms with Crippen molar-refractivity contribution in [3.63, 3.8) is 0 Å². The van der Waals surface area contributed by atoms with Crippen LogP contribution in [0.4, 0.5) is 11.4 Å². The van der Waals surface area contributed by atoms with Gasteiger partial charge in [0.2, 0.25) is 0 Å². The summed E-state index contributed by atoms with van der Waals surface area (Å²) in [6.45, 7) is 1.67. The molecule has 0 aliphatic rings. The Hall–Kier alpha value is -3.28. The summed E-state index contributed by atoms with van der Waals surface area (Å²) in [5.41, 5.74) is 1.13. The number of rotatable bonds is 3. The lowest BCUT2D eigenvalue weighted by Crippen LogP contribution is -2.11. The van der Waals surface area contributed by atoms with Gasteiger partial charge in [0.15, 0.2) is 0 Å². The Labute approximate surface area is 130 Å². The zero-order chi connectivity index (χ0) is 16.4. The van der Waals surface area contributed by atoms with E-state index in [0.29, 0.717) is 22.5 Å². The lowest BCUT2D eigenvalue weighted by molar-refractivity contribution is -0.384. The second kappa shape index (κ2) is 5.84. The van der Waals surface area contributed by atoms with E-state index in [0.717, 1.165) is 5.39 Å². The number of hydrogen-bond acceptors (Lipinski definition) is 5. The average Bonchev–Trinajstić information content (AvgIpc) is 2.54. The van der Waals surface area contributed by atoms with Crippen LogP contribution in [-0.2, 0) is 0 Å². The van der Waals surface area contributed by atoms with E-state index >= 15 is 0 Å². The topological polar surface area (TPSA) is 85.7 Å². The molecule has 3 rings (SSSR count). The van der Waals surface area contributed by atoms with Crippen molar-refractivity contribution in [1.82, 2.24) is 0 Å². The maximum absolute atomic E-state index is 12.1. The molecule has 0 aliphatic heterocycles. The number of non-ortho nitro benzene ring substituents is 1. The van der Waals surface area contributed by atoms with Crippen molar-refractivity contribution in [1.29, 1.82) is 0 Å². The van der Waals surface area contributed by atoms with E-state index in [1.54, 1.807) is 37.3 Å². The molecule has 23 heavy (non-hydrogen) atoms. The fraction of sp³-hybridized carbons (Fsp3) is 0.0588. The van der Waals surface area contributed by atoms with E-state index in [1.807, 2.05) is 12.1 Å². The highest BCUT2D eigenvalue weighted by atomic mass is 16.6. The number of nitro benzene ring substituents is 1. The average molecular weight is 308 g/mol. The number of hydrogen-bond donors (Lipinski definition) is 0. The van der Waals surface area contributed by atoms with Gasteiger partial charge in [-0.15, -0.1) is 0 Å². The van der Waals surface area contributed by atoms with Gasteiger partial charge in [-0.1, -0.05) is 24.3 Å². The molecule has 0 spiro atoms. The number of nitro groups is 1. The molecular weight excluding hydrogens is 296 g/mol. The largest absolute Gasteiger partial charge is 0.422 e. The van der Waals surface area contributed by atoms with Gasteiger partial charge in [0.25, 0.3) is 5.69 Å². The van der Waals surface area contributed by atoms with E-state index < -0.39 is 10.5 Å². The minimum absolute atomic E-state index is 0.0513. The molecule has 0 saturated heterocycles. The third kappa shape index (κ3) is 3.01. The summed E-state index contributed by atoms with van der Waals surface area (Å²) in [5.74, 6) is 0. The summed E-state index contributed by atoms with van der Waals surface area (Å²) in [4.78, 5) is 26.7. The Balaban J connectivity index is 2.07. The van der Waals surface area contributed by atoms with Crippen LogP contribution in [0.25, 0.3) is 11.0 Å². The fourth-order valence-electron chi connectivity index (χ4n) is 2.24. The third-order valence-corrected chi connectivity index (χ3v) is 3.37. The van der Waals surface area contributed by atoms with Gasteiger partial charge in [-0.25, -0.2) is 4.79 Å². The van der Waals surface area contributed by atoms with Gasteiger partial charge in [-0.05, 0) is 25.1 Å². The van der Waals surface area contributed by atoms with Crippen LogP contribution in [0, 0.1) is 10.1 Å². The highest BCUT2D eigenvalue weighted by molar-refractivity contribution is 6.01. The second-order valence-electron chi connectivity index (χ2n) is 4.96. The molecule has 0 radical (unpaired) electrons. The second-order valence-corrected chi connectivity index (χ2v) is 4.96. The first-order valence-corrected chi connectivity index (χ1v) is 6.87. The Morgan fingerprint density at radius 1 is 1.13 bits per heavy atom. The number of nitrogens with zero attached hydrogens (tertiary/aromatic N) is 2. The molecule has 0 N–H and O–H groups in total. The maximum atomic E-state index is 12.1. The van der Waals surface area contributed by atoms with Gasteiger partial charge in [0, 0.05) is 17.5 Å².